The zero-order valence-corrected chi connectivity index (χ0v) is 19.7. The second kappa shape index (κ2) is 9.45. The molecule has 2 aromatic heterocycles. The van der Waals surface area contributed by atoms with Crippen molar-refractivity contribution in [3.63, 3.8) is 0 Å². The number of para-hydroxylation sites is 1. The third kappa shape index (κ3) is 4.58. The molecule has 2 heterocycles. The molecular formula is C26H29N3O2S. The molecule has 32 heavy (non-hydrogen) atoms. The lowest BCUT2D eigenvalue weighted by atomic mass is 9.85. The number of pyridine rings is 1. The number of hydrogen-bond donors (Lipinski definition) is 1. The van der Waals surface area contributed by atoms with Gasteiger partial charge in [-0.1, -0.05) is 54.5 Å². The Morgan fingerprint density at radius 3 is 2.44 bits per heavy atom. The van der Waals surface area contributed by atoms with Gasteiger partial charge in [-0.05, 0) is 57.0 Å². The number of nitrogens with zero attached hydrogens (tertiary/aromatic N) is 2. The van der Waals surface area contributed by atoms with Crippen molar-refractivity contribution in [1.82, 2.24) is 14.9 Å². The van der Waals surface area contributed by atoms with Gasteiger partial charge in [0.1, 0.15) is 10.4 Å². The van der Waals surface area contributed by atoms with Crippen LogP contribution in [0.2, 0.25) is 0 Å². The Kier molecular flexibility index (Phi) is 6.65. The summed E-state index contributed by atoms with van der Waals surface area (Å²) in [4.78, 5) is 4.64. The molecule has 5 nitrogen and oxygen atoms in total. The second-order valence-electron chi connectivity index (χ2n) is 8.86. The van der Waals surface area contributed by atoms with Crippen molar-refractivity contribution in [2.24, 2.45) is 0 Å². The van der Waals surface area contributed by atoms with Crippen molar-refractivity contribution in [3.8, 4) is 11.3 Å². The summed E-state index contributed by atoms with van der Waals surface area (Å²) in [6.45, 7) is 8.08. The third-order valence-electron chi connectivity index (χ3n) is 5.63. The summed E-state index contributed by atoms with van der Waals surface area (Å²) in [5.74, 6) is 0.0295. The maximum atomic E-state index is 13.3. The summed E-state index contributed by atoms with van der Waals surface area (Å²) in [6.07, 6.45) is 2.65. The number of nitrogens with one attached hydrogen (secondary N) is 1. The molecule has 0 aliphatic carbocycles. The maximum Gasteiger partial charge on any atom is 0.167 e. The van der Waals surface area contributed by atoms with Gasteiger partial charge in [0.05, 0.1) is 6.04 Å². The predicted molar refractivity (Wildman–Crippen MR) is 130 cm³/mol. The van der Waals surface area contributed by atoms with E-state index >= 15 is 0 Å². The predicted octanol–water partition coefficient (Wildman–Crippen LogP) is 6.18. The number of hydrogen-bond acceptors (Lipinski definition) is 5. The monoisotopic (exact) mass is 447 g/mol. The Balaban J connectivity index is 1.87. The zero-order valence-electron chi connectivity index (χ0n) is 18.9. The van der Waals surface area contributed by atoms with Gasteiger partial charge in [-0.3, -0.25) is 4.98 Å². The van der Waals surface area contributed by atoms with Crippen molar-refractivity contribution >= 4 is 22.3 Å². The van der Waals surface area contributed by atoms with Crippen LogP contribution >= 0.6 is 0 Å². The molecule has 1 N–H and O–H groups in total. The molecule has 1 unspecified atom stereocenters. The highest BCUT2D eigenvalue weighted by atomic mass is 32.2. The van der Waals surface area contributed by atoms with Crippen LogP contribution in [0.3, 0.4) is 0 Å². The van der Waals surface area contributed by atoms with E-state index in [1.165, 1.54) is 0 Å². The molecule has 0 aliphatic rings. The van der Waals surface area contributed by atoms with Crippen molar-refractivity contribution in [2.45, 2.75) is 50.8 Å². The fourth-order valence-corrected chi connectivity index (χ4v) is 4.80. The van der Waals surface area contributed by atoms with Crippen LogP contribution in [-0.2, 0) is 11.4 Å². The first kappa shape index (κ1) is 22.5. The maximum absolute atomic E-state index is 13.3. The van der Waals surface area contributed by atoms with Crippen LogP contribution in [0.25, 0.3) is 22.2 Å². The molecule has 0 bridgehead atoms. The molecule has 0 spiro atoms. The average Bonchev–Trinajstić information content (AvgIpc) is 3.23. The van der Waals surface area contributed by atoms with Gasteiger partial charge in [-0.2, -0.15) is 0 Å². The van der Waals surface area contributed by atoms with Crippen molar-refractivity contribution in [1.29, 1.82) is 0 Å². The summed E-state index contributed by atoms with van der Waals surface area (Å²) >= 11 is -1.27. The quantitative estimate of drug-likeness (QED) is 0.343. The van der Waals surface area contributed by atoms with Gasteiger partial charge in [0.2, 0.25) is 0 Å². The molecule has 6 heteroatoms. The molecule has 3 atom stereocenters. The smallest absolute Gasteiger partial charge is 0.167 e. The lowest BCUT2D eigenvalue weighted by molar-refractivity contribution is 0.456. The highest BCUT2D eigenvalue weighted by molar-refractivity contribution is 7.90. The fourth-order valence-electron chi connectivity index (χ4n) is 3.93. The van der Waals surface area contributed by atoms with Gasteiger partial charge in [-0.25, -0.2) is 0 Å². The average molecular weight is 448 g/mol. The van der Waals surface area contributed by atoms with Gasteiger partial charge in [0, 0.05) is 40.1 Å². The van der Waals surface area contributed by atoms with Crippen LogP contribution in [-0.4, -0.2) is 19.4 Å². The number of fused-ring (bicyclic) bond motifs is 1. The molecule has 0 radical (unpaired) electrons. The Bertz CT molecular complexity index is 1170. The Morgan fingerprint density at radius 2 is 1.72 bits per heavy atom. The van der Waals surface area contributed by atoms with Crippen LogP contribution in [0.5, 0.6) is 0 Å². The van der Waals surface area contributed by atoms with Gasteiger partial charge in [0.25, 0.3) is 0 Å². The molecule has 0 saturated heterocycles. The van der Waals surface area contributed by atoms with E-state index in [0.29, 0.717) is 0 Å². The normalized spacial score (nSPS) is 14.9. The minimum atomic E-state index is -1.27. The summed E-state index contributed by atoms with van der Waals surface area (Å²) < 4.78 is 21.9. The van der Waals surface area contributed by atoms with E-state index in [1.807, 2.05) is 81.6 Å². The van der Waals surface area contributed by atoms with Crippen LogP contribution in [0.4, 0.5) is 0 Å². The molecule has 0 fully saturated rings. The van der Waals surface area contributed by atoms with E-state index in [1.54, 1.807) is 0 Å². The number of aromatic nitrogens is 2. The Morgan fingerprint density at radius 1 is 1.00 bits per heavy atom. The van der Waals surface area contributed by atoms with E-state index in [2.05, 4.69) is 33.9 Å². The first-order valence-electron chi connectivity index (χ1n) is 10.9. The number of benzene rings is 2. The third-order valence-corrected chi connectivity index (χ3v) is 7.21. The van der Waals surface area contributed by atoms with Gasteiger partial charge in [-0.15, -0.1) is 4.72 Å². The minimum Gasteiger partial charge on any atom is -0.598 e. The van der Waals surface area contributed by atoms with Crippen LogP contribution in [0.1, 0.15) is 57.3 Å². The molecular weight excluding hydrogens is 418 g/mol. The van der Waals surface area contributed by atoms with Gasteiger partial charge < -0.3 is 9.08 Å². The Hall–Kier alpha value is -2.67. The van der Waals surface area contributed by atoms with Crippen LogP contribution < -0.4 is 4.72 Å². The van der Waals surface area contributed by atoms with E-state index in [0.717, 1.165) is 39.9 Å². The van der Waals surface area contributed by atoms with E-state index in [9.17, 15) is 4.55 Å². The molecule has 4 aromatic rings. The molecule has 0 aliphatic heterocycles. The van der Waals surface area contributed by atoms with E-state index in [4.69, 9.17) is 4.52 Å². The topological polar surface area (TPSA) is 74.0 Å². The van der Waals surface area contributed by atoms with Gasteiger partial charge in [0.15, 0.2) is 5.58 Å². The fraction of sp³-hybridized carbons (Fsp3) is 0.308. The molecule has 4 rings (SSSR count). The van der Waals surface area contributed by atoms with Crippen molar-refractivity contribution in [2.75, 3.05) is 0 Å². The first-order valence-corrected chi connectivity index (χ1v) is 12.1. The highest BCUT2D eigenvalue weighted by Crippen LogP contribution is 2.40. The summed E-state index contributed by atoms with van der Waals surface area (Å²) in [5, 5.41) is 5.36. The lowest BCUT2D eigenvalue weighted by Crippen LogP contribution is -2.43. The summed E-state index contributed by atoms with van der Waals surface area (Å²) in [5.41, 5.74) is 4.51. The van der Waals surface area contributed by atoms with Crippen molar-refractivity contribution < 1.29 is 9.08 Å². The van der Waals surface area contributed by atoms with E-state index < -0.39 is 16.1 Å². The zero-order chi connectivity index (χ0) is 22.7. The standard InChI is InChI=1S/C26H29N3O2S/c1-5-18(22-15-10-11-17-27-22)25(29-32(30)26(2,3)4)20-13-7-6-12-19(20)24-21-14-8-9-16-23(21)31-28-24/h6-18,25,29H,5H2,1-4H3/t18?,25-,32-/m0/s1. The number of rotatable bonds is 7. The minimum absolute atomic E-state index is 0.0295. The molecule has 0 saturated carbocycles. The molecule has 0 amide bonds. The SMILES string of the molecule is CCC(c1ccccn1)[C@H](N[S@@+]([O-])C(C)(C)C)c1ccccc1-c1noc2ccccc12. The summed E-state index contributed by atoms with van der Waals surface area (Å²) in [7, 11) is 0. The Labute approximate surface area is 192 Å². The van der Waals surface area contributed by atoms with Gasteiger partial charge >= 0.3 is 0 Å². The second-order valence-corrected chi connectivity index (χ2v) is 10.9. The van der Waals surface area contributed by atoms with Crippen molar-refractivity contribution in [3.05, 3.63) is 84.2 Å². The highest BCUT2D eigenvalue weighted by Gasteiger charge is 2.35. The van der Waals surface area contributed by atoms with E-state index in [-0.39, 0.29) is 12.0 Å². The largest absolute Gasteiger partial charge is 0.598 e. The lowest BCUT2D eigenvalue weighted by Gasteiger charge is -2.32. The molecule has 166 valence electrons. The van der Waals surface area contributed by atoms with Crippen LogP contribution in [0.15, 0.2) is 77.4 Å². The first-order chi connectivity index (χ1) is 15.4. The molecule has 2 aromatic carbocycles. The van der Waals surface area contributed by atoms with Crippen LogP contribution in [0, 0.1) is 0 Å². The summed E-state index contributed by atoms with van der Waals surface area (Å²) in [6, 6.07) is 21.8.